The van der Waals surface area contributed by atoms with Gasteiger partial charge < -0.3 is 14.4 Å². The van der Waals surface area contributed by atoms with Crippen molar-refractivity contribution >= 4 is 22.1 Å². The molecule has 0 atom stereocenters. The van der Waals surface area contributed by atoms with Gasteiger partial charge in [0.25, 0.3) is 0 Å². The van der Waals surface area contributed by atoms with Crippen LogP contribution in [0.2, 0.25) is 0 Å². The molecule has 0 aliphatic heterocycles. The van der Waals surface area contributed by atoms with E-state index in [0.29, 0.717) is 27.8 Å². The van der Waals surface area contributed by atoms with Gasteiger partial charge in [0.2, 0.25) is 5.71 Å². The maximum atomic E-state index is 8.52. The van der Waals surface area contributed by atoms with Crippen LogP contribution in [0.4, 0.5) is 0 Å². The van der Waals surface area contributed by atoms with E-state index in [2.05, 4.69) is 66.1 Å². The number of benzene rings is 3. The standard InChI is InChI=1S/C25H19N2O.C14H14N.Ir/c1-17-10-13-21-20-8-5-9-22(24(20)28-25(21)27-17)23-16-19(14-15-26-23)12-11-18-6-3-2-4-7-18;1-10-4-6-13(7-5-10)14-8-11(2)12(3)9-15-14;/h2-8,10,13-16H,11-12H2,1H3;4-6,8-9H,1-3H3;/q2*-1;/i1D3,11D2;;. The van der Waals surface area contributed by atoms with Crippen molar-refractivity contribution in [2.75, 3.05) is 0 Å². The van der Waals surface area contributed by atoms with Crippen molar-refractivity contribution in [2.45, 2.75) is 40.4 Å². The van der Waals surface area contributed by atoms with Gasteiger partial charge in [-0.3, -0.25) is 0 Å². The summed E-state index contributed by atoms with van der Waals surface area (Å²) in [5, 5.41) is 1.50. The minimum atomic E-state index is -2.32. The van der Waals surface area contributed by atoms with Crippen LogP contribution >= 0.6 is 0 Å². The Morgan fingerprint density at radius 1 is 0.818 bits per heavy atom. The number of fused-ring (bicyclic) bond motifs is 3. The van der Waals surface area contributed by atoms with Gasteiger partial charge >= 0.3 is 0 Å². The van der Waals surface area contributed by atoms with Crippen molar-refractivity contribution in [3.8, 4) is 22.5 Å². The second-order valence-corrected chi connectivity index (χ2v) is 10.4. The topological polar surface area (TPSA) is 51.8 Å². The summed E-state index contributed by atoms with van der Waals surface area (Å²) in [6.45, 7) is 3.92. The minimum absolute atomic E-state index is 0. The van der Waals surface area contributed by atoms with Gasteiger partial charge in [0.05, 0.1) is 5.58 Å². The summed E-state index contributed by atoms with van der Waals surface area (Å²) >= 11 is 0. The average Bonchev–Trinajstić information content (AvgIpc) is 3.45. The fraction of sp³-hybridized carbons (Fsp3) is 0.154. The summed E-state index contributed by atoms with van der Waals surface area (Å²) in [5.74, 6) is 0. The van der Waals surface area contributed by atoms with Crippen LogP contribution in [0.15, 0.2) is 108 Å². The zero-order valence-electron chi connectivity index (χ0n) is 29.6. The first-order chi connectivity index (χ1) is 22.9. The second-order valence-electron chi connectivity index (χ2n) is 10.4. The van der Waals surface area contributed by atoms with Crippen LogP contribution < -0.4 is 0 Å². The van der Waals surface area contributed by atoms with Crippen molar-refractivity contribution in [3.63, 3.8) is 0 Å². The Morgan fingerprint density at radius 3 is 2.45 bits per heavy atom. The first kappa shape index (κ1) is 24.9. The van der Waals surface area contributed by atoms with E-state index < -0.39 is 13.2 Å². The van der Waals surface area contributed by atoms with Crippen molar-refractivity contribution in [2.24, 2.45) is 0 Å². The molecule has 0 aliphatic rings. The molecule has 0 aliphatic carbocycles. The van der Waals surface area contributed by atoms with Crippen LogP contribution in [0.1, 0.15) is 40.4 Å². The van der Waals surface area contributed by atoms with Gasteiger partial charge in [0, 0.05) is 50.4 Å². The van der Waals surface area contributed by atoms with E-state index in [1.54, 1.807) is 36.5 Å². The van der Waals surface area contributed by atoms with Crippen LogP contribution in [0.5, 0.6) is 0 Å². The minimum Gasteiger partial charge on any atom is -0.486 e. The largest absolute Gasteiger partial charge is 0.486 e. The molecule has 0 amide bonds. The molecule has 0 spiro atoms. The van der Waals surface area contributed by atoms with Crippen molar-refractivity contribution in [1.82, 2.24) is 15.0 Å². The average molecular weight is 757 g/mol. The molecule has 7 aromatic rings. The van der Waals surface area contributed by atoms with E-state index >= 15 is 0 Å². The van der Waals surface area contributed by atoms with E-state index in [-0.39, 0.29) is 37.9 Å². The van der Waals surface area contributed by atoms with Crippen molar-refractivity contribution in [3.05, 3.63) is 149 Å². The second kappa shape index (κ2) is 13.9. The third-order valence-corrected chi connectivity index (χ3v) is 7.27. The Labute approximate surface area is 279 Å². The van der Waals surface area contributed by atoms with Crippen LogP contribution in [-0.4, -0.2) is 15.0 Å². The molecule has 0 saturated carbocycles. The molecule has 1 radical (unpaired) electrons. The number of hydrogen-bond donors (Lipinski definition) is 0. The monoisotopic (exact) mass is 757 g/mol. The Morgan fingerprint density at radius 2 is 1.68 bits per heavy atom. The molecule has 4 heterocycles. The fourth-order valence-corrected chi connectivity index (χ4v) is 4.73. The van der Waals surface area contributed by atoms with Crippen molar-refractivity contribution in [1.29, 1.82) is 0 Å². The Kier molecular flexibility index (Phi) is 7.88. The molecule has 0 saturated heterocycles. The Balaban J connectivity index is 0.000000246. The van der Waals surface area contributed by atoms with Gasteiger partial charge in [-0.05, 0) is 74.2 Å². The predicted molar refractivity (Wildman–Crippen MR) is 175 cm³/mol. The molecular weight excluding hydrogens is 719 g/mol. The SMILES string of the molecule is Cc1c[c-]c(-c2cc(C)c(C)cn2)cc1.[2H]C([2H])([2H])c1ccc2c(n1)oc1c(-c3cc(CC([2H])([2H])c4ccccc4)ccn3)[c-]ccc12.[Ir]. The van der Waals surface area contributed by atoms with Gasteiger partial charge in [-0.2, -0.15) is 0 Å². The normalized spacial score (nSPS) is 13.0. The summed E-state index contributed by atoms with van der Waals surface area (Å²) in [6.07, 6.45) is 2.21. The molecule has 4 nitrogen and oxygen atoms in total. The number of aryl methyl sites for hydroxylation is 6. The summed E-state index contributed by atoms with van der Waals surface area (Å²) < 4.78 is 45.8. The van der Waals surface area contributed by atoms with Gasteiger partial charge in [0.15, 0.2) is 0 Å². The molecular formula is C39H33IrN3O-2. The van der Waals surface area contributed by atoms with Crippen LogP contribution in [0.3, 0.4) is 0 Å². The first-order valence-electron chi connectivity index (χ1n) is 16.6. The molecule has 44 heavy (non-hydrogen) atoms. The van der Waals surface area contributed by atoms with E-state index in [0.717, 1.165) is 22.2 Å². The maximum absolute atomic E-state index is 8.52. The number of furan rings is 1. The molecule has 7 rings (SSSR count). The van der Waals surface area contributed by atoms with Gasteiger partial charge in [-0.25, -0.2) is 4.98 Å². The van der Waals surface area contributed by atoms with E-state index in [4.69, 9.17) is 11.3 Å². The quantitative estimate of drug-likeness (QED) is 0.164. The summed E-state index contributed by atoms with van der Waals surface area (Å²) in [6, 6.07) is 34.2. The molecule has 0 fully saturated rings. The molecule has 0 bridgehead atoms. The molecule has 0 N–H and O–H groups in total. The number of nitrogens with zero attached hydrogens (tertiary/aromatic N) is 3. The molecule has 0 unspecified atom stereocenters. The van der Waals surface area contributed by atoms with E-state index in [9.17, 15) is 0 Å². The zero-order valence-corrected chi connectivity index (χ0v) is 27.0. The van der Waals surface area contributed by atoms with Crippen LogP contribution in [0.25, 0.3) is 44.6 Å². The Hall–Kier alpha value is -4.44. The van der Waals surface area contributed by atoms with Crippen molar-refractivity contribution < 1.29 is 31.4 Å². The Bertz CT molecular complexity index is 2220. The summed E-state index contributed by atoms with van der Waals surface area (Å²) in [4.78, 5) is 13.1. The van der Waals surface area contributed by atoms with Gasteiger partial charge in [-0.15, -0.1) is 53.6 Å². The number of rotatable bonds is 5. The fourth-order valence-electron chi connectivity index (χ4n) is 4.73. The predicted octanol–water partition coefficient (Wildman–Crippen LogP) is 9.41. The number of hydrogen-bond acceptors (Lipinski definition) is 4. The first-order valence-corrected chi connectivity index (χ1v) is 14.1. The van der Waals surface area contributed by atoms with Crippen LogP contribution in [0, 0.1) is 39.8 Å². The summed E-state index contributed by atoms with van der Waals surface area (Å²) in [5.41, 5.74) is 9.13. The molecule has 221 valence electrons. The van der Waals surface area contributed by atoms with Gasteiger partial charge in [0.1, 0.15) is 0 Å². The molecule has 5 heteroatoms. The summed E-state index contributed by atoms with van der Waals surface area (Å²) in [7, 11) is 0. The van der Waals surface area contributed by atoms with E-state index in [1.165, 1.54) is 22.8 Å². The molecule has 3 aromatic carbocycles. The third-order valence-electron chi connectivity index (χ3n) is 7.27. The zero-order chi connectivity index (χ0) is 34.1. The van der Waals surface area contributed by atoms with Crippen LogP contribution in [-0.2, 0) is 32.9 Å². The van der Waals surface area contributed by atoms with Gasteiger partial charge in [-0.1, -0.05) is 71.5 Å². The third kappa shape index (κ3) is 7.02. The molecule has 4 aromatic heterocycles. The smallest absolute Gasteiger partial charge is 0.216 e. The number of aromatic nitrogens is 3. The van der Waals surface area contributed by atoms with E-state index in [1.807, 2.05) is 42.6 Å². The maximum Gasteiger partial charge on any atom is 0.216 e. The number of pyridine rings is 3.